The van der Waals surface area contributed by atoms with Crippen molar-refractivity contribution in [1.82, 2.24) is 4.90 Å². The second-order valence-corrected chi connectivity index (χ2v) is 4.36. The van der Waals surface area contributed by atoms with Gasteiger partial charge in [-0.25, -0.2) is 9.18 Å². The summed E-state index contributed by atoms with van der Waals surface area (Å²) < 4.78 is 18.4. The Morgan fingerprint density at radius 1 is 1.59 bits per heavy atom. The van der Waals surface area contributed by atoms with E-state index in [0.717, 1.165) is 13.5 Å². The number of hydrogen-bond donors (Lipinski definition) is 1. The first kappa shape index (κ1) is 13.9. The minimum atomic E-state index is -2.07. The Bertz CT molecular complexity index is 311. The van der Waals surface area contributed by atoms with E-state index in [1.54, 1.807) is 0 Å². The maximum Gasteiger partial charge on any atom is 0.345 e. The average molecular weight is 246 g/mol. The number of nitrogens with two attached hydrogens (primary N) is 1. The van der Waals surface area contributed by atoms with E-state index in [2.05, 4.69) is 4.74 Å². The van der Waals surface area contributed by atoms with Gasteiger partial charge in [-0.2, -0.15) is 0 Å². The van der Waals surface area contributed by atoms with E-state index in [1.807, 2.05) is 6.92 Å². The molecule has 5 nitrogen and oxygen atoms in total. The Labute approximate surface area is 100 Å². The van der Waals surface area contributed by atoms with Crippen LogP contribution in [-0.2, 0) is 14.3 Å². The number of amides is 1. The normalized spacial score (nSPS) is 25.8. The lowest BCUT2D eigenvalue weighted by Crippen LogP contribution is -2.45. The highest BCUT2D eigenvalue weighted by Gasteiger charge is 2.48. The minimum Gasteiger partial charge on any atom is -0.467 e. The molecule has 0 radical (unpaired) electrons. The number of rotatable bonds is 4. The Balaban J connectivity index is 2.61. The number of nitrogens with zero attached hydrogens (tertiary/aromatic N) is 1. The molecule has 1 amide bonds. The molecule has 2 unspecified atom stereocenters. The molecule has 0 saturated carbocycles. The van der Waals surface area contributed by atoms with Crippen LogP contribution in [0.1, 0.15) is 26.2 Å². The lowest BCUT2D eigenvalue weighted by atomic mass is 10.1. The zero-order chi connectivity index (χ0) is 13.1. The number of ether oxygens (including phenoxy) is 1. The van der Waals surface area contributed by atoms with Crippen LogP contribution in [0.3, 0.4) is 0 Å². The molecule has 0 aromatic heterocycles. The molecule has 98 valence electrons. The zero-order valence-electron chi connectivity index (χ0n) is 10.2. The second-order valence-electron chi connectivity index (χ2n) is 4.36. The molecule has 1 saturated heterocycles. The monoisotopic (exact) mass is 246 g/mol. The van der Waals surface area contributed by atoms with E-state index < -0.39 is 17.7 Å². The minimum absolute atomic E-state index is 0.0236. The van der Waals surface area contributed by atoms with Gasteiger partial charge in [0.1, 0.15) is 0 Å². The van der Waals surface area contributed by atoms with E-state index in [4.69, 9.17) is 5.73 Å². The quantitative estimate of drug-likeness (QED) is 0.721. The third kappa shape index (κ3) is 2.94. The van der Waals surface area contributed by atoms with E-state index in [1.165, 1.54) is 4.90 Å². The van der Waals surface area contributed by atoms with Gasteiger partial charge in [-0.1, -0.05) is 13.3 Å². The van der Waals surface area contributed by atoms with Crippen LogP contribution in [0.2, 0.25) is 0 Å². The van der Waals surface area contributed by atoms with Crippen molar-refractivity contribution in [2.24, 2.45) is 5.73 Å². The number of esters is 1. The van der Waals surface area contributed by atoms with Gasteiger partial charge in [-0.05, 0) is 6.42 Å². The van der Waals surface area contributed by atoms with Gasteiger partial charge in [0, 0.05) is 13.0 Å². The highest BCUT2D eigenvalue weighted by atomic mass is 19.1. The molecular weight excluding hydrogens is 227 g/mol. The third-order valence-corrected chi connectivity index (χ3v) is 3.00. The SMILES string of the molecule is CCCC(N)C(=O)N1CCC(F)(C(=O)OC)C1. The first-order valence-corrected chi connectivity index (χ1v) is 5.76. The summed E-state index contributed by atoms with van der Waals surface area (Å²) in [5.74, 6) is -1.22. The molecule has 0 spiro atoms. The predicted octanol–water partition coefficient (Wildman–Crippen LogP) is 0.227. The molecule has 0 aliphatic carbocycles. The summed E-state index contributed by atoms with van der Waals surface area (Å²) in [6, 6.07) is -0.611. The fourth-order valence-corrected chi connectivity index (χ4v) is 1.98. The highest BCUT2D eigenvalue weighted by Crippen LogP contribution is 2.27. The number of carbonyl (C=O) groups is 2. The first-order valence-electron chi connectivity index (χ1n) is 5.76. The van der Waals surface area contributed by atoms with E-state index >= 15 is 0 Å². The van der Waals surface area contributed by atoms with Crippen LogP contribution in [0.5, 0.6) is 0 Å². The van der Waals surface area contributed by atoms with E-state index in [0.29, 0.717) is 6.42 Å². The molecule has 1 heterocycles. The Hall–Kier alpha value is -1.17. The maximum absolute atomic E-state index is 14.1. The molecule has 1 fully saturated rings. The summed E-state index contributed by atoms with van der Waals surface area (Å²) in [6.45, 7) is 1.88. The van der Waals surface area contributed by atoms with Gasteiger partial charge in [0.25, 0.3) is 0 Å². The Kier molecular flexibility index (Phi) is 4.45. The number of alkyl halides is 1. The van der Waals surface area contributed by atoms with Crippen molar-refractivity contribution >= 4 is 11.9 Å². The summed E-state index contributed by atoms with van der Waals surface area (Å²) in [6.07, 6.45) is 1.33. The van der Waals surface area contributed by atoms with Crippen molar-refractivity contribution in [3.8, 4) is 0 Å². The Morgan fingerprint density at radius 2 is 2.24 bits per heavy atom. The van der Waals surface area contributed by atoms with E-state index in [9.17, 15) is 14.0 Å². The number of halogens is 1. The number of likely N-dealkylation sites (tertiary alicyclic amines) is 1. The van der Waals surface area contributed by atoms with Crippen molar-refractivity contribution < 1.29 is 18.7 Å². The van der Waals surface area contributed by atoms with Crippen LogP contribution in [0, 0.1) is 0 Å². The summed E-state index contributed by atoms with van der Waals surface area (Å²) in [5, 5.41) is 0. The van der Waals surface area contributed by atoms with Gasteiger partial charge in [-0.3, -0.25) is 4.79 Å². The van der Waals surface area contributed by atoms with Gasteiger partial charge in [0.05, 0.1) is 19.7 Å². The van der Waals surface area contributed by atoms with Crippen molar-refractivity contribution in [1.29, 1.82) is 0 Å². The van der Waals surface area contributed by atoms with Crippen LogP contribution in [0.25, 0.3) is 0 Å². The van der Waals surface area contributed by atoms with Gasteiger partial charge in [-0.15, -0.1) is 0 Å². The highest BCUT2D eigenvalue weighted by molar-refractivity contribution is 5.85. The summed E-state index contributed by atoms with van der Waals surface area (Å²) in [5.41, 5.74) is 3.60. The first-order chi connectivity index (χ1) is 7.94. The predicted molar refractivity (Wildman–Crippen MR) is 59.9 cm³/mol. The van der Waals surface area contributed by atoms with Crippen molar-refractivity contribution in [2.75, 3.05) is 20.2 Å². The molecule has 1 aliphatic rings. The lowest BCUT2D eigenvalue weighted by molar-refractivity contribution is -0.154. The molecular formula is C11H19FN2O3. The average Bonchev–Trinajstić information content (AvgIpc) is 2.71. The zero-order valence-corrected chi connectivity index (χ0v) is 10.2. The second kappa shape index (κ2) is 5.44. The molecule has 2 atom stereocenters. The summed E-state index contributed by atoms with van der Waals surface area (Å²) in [4.78, 5) is 24.4. The maximum atomic E-state index is 14.1. The third-order valence-electron chi connectivity index (χ3n) is 3.00. The van der Waals surface area contributed by atoms with Crippen molar-refractivity contribution in [3.05, 3.63) is 0 Å². The molecule has 1 rings (SSSR count). The largest absolute Gasteiger partial charge is 0.467 e. The topological polar surface area (TPSA) is 72.6 Å². The van der Waals surface area contributed by atoms with E-state index in [-0.39, 0.29) is 25.4 Å². The van der Waals surface area contributed by atoms with Crippen LogP contribution in [0.4, 0.5) is 4.39 Å². The fraction of sp³-hybridized carbons (Fsp3) is 0.818. The summed E-state index contributed by atoms with van der Waals surface area (Å²) >= 11 is 0. The molecule has 2 N–H and O–H groups in total. The van der Waals surface area contributed by atoms with Crippen LogP contribution >= 0.6 is 0 Å². The lowest BCUT2D eigenvalue weighted by Gasteiger charge is -2.21. The van der Waals surface area contributed by atoms with Crippen LogP contribution in [-0.4, -0.2) is 48.7 Å². The van der Waals surface area contributed by atoms with Crippen molar-refractivity contribution in [3.63, 3.8) is 0 Å². The Morgan fingerprint density at radius 3 is 2.76 bits per heavy atom. The molecule has 1 aliphatic heterocycles. The van der Waals surface area contributed by atoms with Crippen LogP contribution in [0.15, 0.2) is 0 Å². The standard InChI is InChI=1S/C11H19FN2O3/c1-3-4-8(13)9(15)14-6-5-11(12,7-14)10(16)17-2/h8H,3-7,13H2,1-2H3. The van der Waals surface area contributed by atoms with Gasteiger partial charge in [0.2, 0.25) is 11.6 Å². The van der Waals surface area contributed by atoms with Crippen molar-refractivity contribution in [2.45, 2.75) is 37.9 Å². The van der Waals surface area contributed by atoms with Crippen LogP contribution < -0.4 is 5.73 Å². The molecule has 6 heteroatoms. The molecule has 17 heavy (non-hydrogen) atoms. The summed E-state index contributed by atoms with van der Waals surface area (Å²) in [7, 11) is 1.14. The number of methoxy groups -OCH3 is 1. The van der Waals surface area contributed by atoms with Gasteiger partial charge < -0.3 is 15.4 Å². The van der Waals surface area contributed by atoms with Gasteiger partial charge in [0.15, 0.2) is 0 Å². The fourth-order valence-electron chi connectivity index (χ4n) is 1.98. The molecule has 0 aromatic carbocycles. The molecule has 0 aromatic rings. The molecule has 0 bridgehead atoms. The number of hydrogen-bond acceptors (Lipinski definition) is 4. The smallest absolute Gasteiger partial charge is 0.345 e. The number of carbonyl (C=O) groups excluding carboxylic acids is 2. The van der Waals surface area contributed by atoms with Gasteiger partial charge >= 0.3 is 5.97 Å².